The predicted molar refractivity (Wildman–Crippen MR) is 68.5 cm³/mol. The van der Waals surface area contributed by atoms with Crippen molar-refractivity contribution in [2.24, 2.45) is 0 Å². The van der Waals surface area contributed by atoms with Crippen molar-refractivity contribution in [3.63, 3.8) is 0 Å². The summed E-state index contributed by atoms with van der Waals surface area (Å²) in [7, 11) is 1.98. The van der Waals surface area contributed by atoms with Crippen LogP contribution >= 0.6 is 11.6 Å². The zero-order valence-corrected chi connectivity index (χ0v) is 10.1. The molecule has 0 bridgehead atoms. The molecule has 2 aromatic rings. The molecular formula is C13H13ClN2. The largest absolute Gasteiger partial charge is 0.329 e. The Morgan fingerprint density at radius 1 is 1.12 bits per heavy atom. The smallest absolute Gasteiger partial charge is 0.134 e. The van der Waals surface area contributed by atoms with E-state index < -0.39 is 0 Å². The second kappa shape index (κ2) is 4.54. The van der Waals surface area contributed by atoms with Gasteiger partial charge in [0.15, 0.2) is 0 Å². The number of hydrogen-bond acceptors (Lipinski definition) is 2. The Bertz CT molecular complexity index is 451. The molecular weight excluding hydrogens is 220 g/mol. The maximum Gasteiger partial charge on any atom is 0.134 e. The van der Waals surface area contributed by atoms with Gasteiger partial charge in [-0.1, -0.05) is 29.8 Å². The molecule has 2 rings (SSSR count). The molecule has 0 amide bonds. The van der Waals surface area contributed by atoms with Gasteiger partial charge in [-0.2, -0.15) is 0 Å². The highest BCUT2D eigenvalue weighted by molar-refractivity contribution is 6.29. The summed E-state index contributed by atoms with van der Waals surface area (Å²) < 4.78 is 0. The molecule has 0 fully saturated rings. The average molecular weight is 233 g/mol. The molecule has 82 valence electrons. The lowest BCUT2D eigenvalue weighted by Crippen LogP contribution is -2.11. The first-order valence-corrected chi connectivity index (χ1v) is 5.47. The molecule has 0 saturated carbocycles. The van der Waals surface area contributed by atoms with E-state index in [1.165, 1.54) is 5.56 Å². The van der Waals surface area contributed by atoms with Gasteiger partial charge in [0.2, 0.25) is 0 Å². The van der Waals surface area contributed by atoms with Crippen molar-refractivity contribution in [1.29, 1.82) is 0 Å². The number of aryl methyl sites for hydroxylation is 1. The fraction of sp³-hybridized carbons (Fsp3) is 0.154. The molecule has 0 aliphatic carbocycles. The third-order valence-corrected chi connectivity index (χ3v) is 2.64. The zero-order valence-electron chi connectivity index (χ0n) is 9.31. The molecule has 0 spiro atoms. The van der Waals surface area contributed by atoms with E-state index >= 15 is 0 Å². The Kier molecular flexibility index (Phi) is 3.11. The van der Waals surface area contributed by atoms with E-state index in [0.29, 0.717) is 5.15 Å². The molecule has 0 saturated heterocycles. The maximum atomic E-state index is 5.87. The molecule has 1 aromatic carbocycles. The first-order valence-electron chi connectivity index (χ1n) is 5.10. The van der Waals surface area contributed by atoms with Crippen LogP contribution in [-0.2, 0) is 0 Å². The number of rotatable bonds is 2. The van der Waals surface area contributed by atoms with E-state index in [1.807, 2.05) is 30.1 Å². The van der Waals surface area contributed by atoms with E-state index in [4.69, 9.17) is 11.6 Å². The highest BCUT2D eigenvalue weighted by Crippen LogP contribution is 2.23. The zero-order chi connectivity index (χ0) is 11.5. The van der Waals surface area contributed by atoms with Crippen molar-refractivity contribution >= 4 is 23.1 Å². The number of halogens is 1. The second-order valence-corrected chi connectivity index (χ2v) is 4.10. The average Bonchev–Trinajstić information content (AvgIpc) is 2.28. The van der Waals surface area contributed by atoms with Crippen molar-refractivity contribution in [2.75, 3.05) is 11.9 Å². The summed E-state index contributed by atoms with van der Waals surface area (Å²) in [5.74, 6) is 0.845. The number of aromatic nitrogens is 1. The minimum atomic E-state index is 0.511. The van der Waals surface area contributed by atoms with Gasteiger partial charge in [-0.25, -0.2) is 4.98 Å². The molecule has 0 unspecified atom stereocenters. The van der Waals surface area contributed by atoms with E-state index in [0.717, 1.165) is 11.5 Å². The standard InChI is InChI=1S/C13H13ClN2/c1-10-5-3-6-11(9-10)16(2)13-8-4-7-12(14)15-13/h3-9H,1-2H3. The summed E-state index contributed by atoms with van der Waals surface area (Å²) in [6, 6.07) is 13.9. The summed E-state index contributed by atoms with van der Waals surface area (Å²) in [6.07, 6.45) is 0. The SMILES string of the molecule is Cc1cccc(N(C)c2cccc(Cl)n2)c1. The Morgan fingerprint density at radius 2 is 1.88 bits per heavy atom. The predicted octanol–water partition coefficient (Wildman–Crippen LogP) is 3.81. The van der Waals surface area contributed by atoms with Crippen LogP contribution in [0.15, 0.2) is 42.5 Å². The van der Waals surface area contributed by atoms with E-state index in [1.54, 1.807) is 6.07 Å². The number of nitrogens with zero attached hydrogens (tertiary/aromatic N) is 2. The minimum Gasteiger partial charge on any atom is -0.329 e. The topological polar surface area (TPSA) is 16.1 Å². The van der Waals surface area contributed by atoms with Gasteiger partial charge < -0.3 is 4.90 Å². The number of anilines is 2. The van der Waals surface area contributed by atoms with Crippen LogP contribution in [0.25, 0.3) is 0 Å². The summed E-state index contributed by atoms with van der Waals surface area (Å²) in [6.45, 7) is 2.07. The van der Waals surface area contributed by atoms with Gasteiger partial charge in [0, 0.05) is 12.7 Å². The van der Waals surface area contributed by atoms with Gasteiger partial charge in [-0.3, -0.25) is 0 Å². The first-order chi connectivity index (χ1) is 7.66. The minimum absolute atomic E-state index is 0.511. The van der Waals surface area contributed by atoms with Crippen LogP contribution < -0.4 is 4.90 Å². The lowest BCUT2D eigenvalue weighted by Gasteiger charge is -2.18. The van der Waals surface area contributed by atoms with Crippen molar-refractivity contribution in [1.82, 2.24) is 4.98 Å². The van der Waals surface area contributed by atoms with Crippen LogP contribution in [0.2, 0.25) is 5.15 Å². The molecule has 0 aliphatic rings. The van der Waals surface area contributed by atoms with E-state index in [2.05, 4.69) is 30.1 Å². The molecule has 3 heteroatoms. The monoisotopic (exact) mass is 232 g/mol. The van der Waals surface area contributed by atoms with Gasteiger partial charge in [0.25, 0.3) is 0 Å². The molecule has 0 radical (unpaired) electrons. The number of pyridine rings is 1. The molecule has 0 N–H and O–H groups in total. The Balaban J connectivity index is 2.35. The fourth-order valence-corrected chi connectivity index (χ4v) is 1.71. The molecule has 1 heterocycles. The van der Waals surface area contributed by atoms with Crippen LogP contribution in [0, 0.1) is 6.92 Å². The van der Waals surface area contributed by atoms with Crippen LogP contribution in [0.3, 0.4) is 0 Å². The molecule has 0 aliphatic heterocycles. The summed E-state index contributed by atoms with van der Waals surface area (Å²) >= 11 is 5.87. The Morgan fingerprint density at radius 3 is 2.56 bits per heavy atom. The van der Waals surface area contributed by atoms with Gasteiger partial charge in [0.1, 0.15) is 11.0 Å². The second-order valence-electron chi connectivity index (χ2n) is 3.72. The maximum absolute atomic E-state index is 5.87. The molecule has 0 atom stereocenters. The normalized spacial score (nSPS) is 10.2. The fourth-order valence-electron chi connectivity index (χ4n) is 1.55. The highest BCUT2D eigenvalue weighted by Gasteiger charge is 2.05. The van der Waals surface area contributed by atoms with Crippen LogP contribution in [0.1, 0.15) is 5.56 Å². The van der Waals surface area contributed by atoms with Crippen molar-refractivity contribution in [2.45, 2.75) is 6.92 Å². The summed E-state index contributed by atoms with van der Waals surface area (Å²) in [5.41, 5.74) is 2.33. The van der Waals surface area contributed by atoms with Gasteiger partial charge in [0.05, 0.1) is 0 Å². The van der Waals surface area contributed by atoms with Crippen molar-refractivity contribution < 1.29 is 0 Å². The highest BCUT2D eigenvalue weighted by atomic mass is 35.5. The van der Waals surface area contributed by atoms with E-state index in [-0.39, 0.29) is 0 Å². The molecule has 16 heavy (non-hydrogen) atoms. The Labute approximate surface area is 101 Å². The van der Waals surface area contributed by atoms with Crippen LogP contribution in [0.5, 0.6) is 0 Å². The summed E-state index contributed by atoms with van der Waals surface area (Å²) in [5, 5.41) is 0.511. The van der Waals surface area contributed by atoms with Gasteiger partial charge in [-0.15, -0.1) is 0 Å². The molecule has 2 nitrogen and oxygen atoms in total. The quantitative estimate of drug-likeness (QED) is 0.732. The first kappa shape index (κ1) is 11.0. The Hall–Kier alpha value is -1.54. The van der Waals surface area contributed by atoms with Crippen LogP contribution in [-0.4, -0.2) is 12.0 Å². The molecule has 1 aromatic heterocycles. The van der Waals surface area contributed by atoms with Gasteiger partial charge >= 0.3 is 0 Å². The third-order valence-electron chi connectivity index (χ3n) is 2.43. The lowest BCUT2D eigenvalue weighted by molar-refractivity contribution is 1.12. The third kappa shape index (κ3) is 2.34. The number of hydrogen-bond donors (Lipinski definition) is 0. The van der Waals surface area contributed by atoms with Crippen LogP contribution in [0.4, 0.5) is 11.5 Å². The van der Waals surface area contributed by atoms with Gasteiger partial charge in [-0.05, 0) is 36.8 Å². The van der Waals surface area contributed by atoms with E-state index in [9.17, 15) is 0 Å². The number of benzene rings is 1. The van der Waals surface area contributed by atoms with Crippen molar-refractivity contribution in [3.8, 4) is 0 Å². The summed E-state index contributed by atoms with van der Waals surface area (Å²) in [4.78, 5) is 6.28. The lowest BCUT2D eigenvalue weighted by atomic mass is 10.2. The van der Waals surface area contributed by atoms with Crippen molar-refractivity contribution in [3.05, 3.63) is 53.2 Å².